The first-order valence-electron chi connectivity index (χ1n) is 6.21. The summed E-state index contributed by atoms with van der Waals surface area (Å²) in [5.41, 5.74) is 0.924. The van der Waals surface area contributed by atoms with Crippen LogP contribution < -0.4 is 10.6 Å². The highest BCUT2D eigenvalue weighted by atomic mass is 79.9. The first-order valence-corrected chi connectivity index (χ1v) is 7.01. The van der Waals surface area contributed by atoms with Crippen molar-refractivity contribution in [1.82, 2.24) is 15.0 Å². The molecule has 0 saturated carbocycles. The second-order valence-electron chi connectivity index (χ2n) is 4.33. The zero-order valence-electron chi connectivity index (χ0n) is 11.0. The van der Waals surface area contributed by atoms with Crippen LogP contribution in [0.3, 0.4) is 0 Å². The molecular formula is C14H9BrFN5O. The summed E-state index contributed by atoms with van der Waals surface area (Å²) in [5, 5.41) is 5.35. The minimum atomic E-state index is -0.511. The number of benzene rings is 1. The third-order valence-electron chi connectivity index (χ3n) is 2.76. The summed E-state index contributed by atoms with van der Waals surface area (Å²) < 4.78 is 14.3. The third-order valence-corrected chi connectivity index (χ3v) is 3.22. The van der Waals surface area contributed by atoms with Gasteiger partial charge in [-0.05, 0) is 24.3 Å². The number of nitrogens with zero attached hydrogens (tertiary/aromatic N) is 3. The normalized spacial score (nSPS) is 10.5. The molecule has 110 valence electrons. The molecule has 0 atom stereocenters. The molecule has 0 aliphatic carbocycles. The Balaban J connectivity index is 1.80. The molecule has 0 spiro atoms. The molecule has 0 bridgehead atoms. The average Bonchev–Trinajstić information content (AvgIpc) is 2.47. The SMILES string of the molecule is O=C(Nc1cccnc1)Nc1ncc2c(F)cc(Br)cc2n1. The maximum Gasteiger partial charge on any atom is 0.326 e. The van der Waals surface area contributed by atoms with E-state index in [1.165, 1.54) is 18.5 Å². The first kappa shape index (κ1) is 14.3. The van der Waals surface area contributed by atoms with Gasteiger partial charge in [0, 0.05) is 16.9 Å². The highest BCUT2D eigenvalue weighted by molar-refractivity contribution is 9.10. The van der Waals surface area contributed by atoms with Crippen molar-refractivity contribution >= 4 is 44.5 Å². The van der Waals surface area contributed by atoms with Crippen molar-refractivity contribution in [2.75, 3.05) is 10.6 Å². The summed E-state index contributed by atoms with van der Waals surface area (Å²) >= 11 is 3.20. The van der Waals surface area contributed by atoms with Gasteiger partial charge < -0.3 is 5.32 Å². The van der Waals surface area contributed by atoms with Crippen molar-refractivity contribution in [3.8, 4) is 0 Å². The number of anilines is 2. The zero-order chi connectivity index (χ0) is 15.5. The lowest BCUT2D eigenvalue weighted by Crippen LogP contribution is -2.20. The van der Waals surface area contributed by atoms with Gasteiger partial charge in [0.15, 0.2) is 0 Å². The van der Waals surface area contributed by atoms with Crippen LogP contribution in [0.4, 0.5) is 20.8 Å². The molecule has 0 radical (unpaired) electrons. The fourth-order valence-corrected chi connectivity index (χ4v) is 2.24. The van der Waals surface area contributed by atoms with Crippen LogP contribution in [0.2, 0.25) is 0 Å². The minimum absolute atomic E-state index is 0.0754. The monoisotopic (exact) mass is 361 g/mol. The number of urea groups is 1. The van der Waals surface area contributed by atoms with Crippen LogP contribution in [0.15, 0.2) is 47.3 Å². The van der Waals surface area contributed by atoms with Gasteiger partial charge in [-0.2, -0.15) is 0 Å². The van der Waals surface area contributed by atoms with E-state index in [-0.39, 0.29) is 11.3 Å². The van der Waals surface area contributed by atoms with Gasteiger partial charge in [0.05, 0.1) is 22.8 Å². The molecule has 0 fully saturated rings. The molecule has 8 heteroatoms. The highest BCUT2D eigenvalue weighted by Crippen LogP contribution is 2.22. The van der Waals surface area contributed by atoms with E-state index in [9.17, 15) is 9.18 Å². The van der Waals surface area contributed by atoms with Crippen LogP contribution in [0, 0.1) is 5.82 Å². The molecule has 2 amide bonds. The van der Waals surface area contributed by atoms with E-state index in [1.54, 1.807) is 24.4 Å². The molecule has 2 heterocycles. The van der Waals surface area contributed by atoms with Gasteiger partial charge in [-0.1, -0.05) is 15.9 Å². The lowest BCUT2D eigenvalue weighted by Gasteiger charge is -2.07. The Bertz CT molecular complexity index is 843. The molecule has 0 saturated heterocycles. The predicted octanol–water partition coefficient (Wildman–Crippen LogP) is 3.57. The van der Waals surface area contributed by atoms with Crippen molar-refractivity contribution in [1.29, 1.82) is 0 Å². The Morgan fingerprint density at radius 1 is 1.23 bits per heavy atom. The van der Waals surface area contributed by atoms with Crippen LogP contribution in [0.5, 0.6) is 0 Å². The van der Waals surface area contributed by atoms with E-state index in [1.807, 2.05) is 0 Å². The second kappa shape index (κ2) is 6.02. The largest absolute Gasteiger partial charge is 0.326 e. The van der Waals surface area contributed by atoms with Gasteiger partial charge in [-0.3, -0.25) is 10.3 Å². The molecule has 3 aromatic rings. The molecule has 0 aliphatic heterocycles. The maximum atomic E-state index is 13.7. The smallest absolute Gasteiger partial charge is 0.306 e. The van der Waals surface area contributed by atoms with Gasteiger partial charge in [-0.25, -0.2) is 19.2 Å². The number of fused-ring (bicyclic) bond motifs is 1. The molecule has 2 N–H and O–H groups in total. The Morgan fingerprint density at radius 3 is 2.86 bits per heavy atom. The topological polar surface area (TPSA) is 79.8 Å². The van der Waals surface area contributed by atoms with Crippen molar-refractivity contribution in [3.05, 3.63) is 53.1 Å². The van der Waals surface area contributed by atoms with Crippen molar-refractivity contribution in [3.63, 3.8) is 0 Å². The van der Waals surface area contributed by atoms with Crippen LogP contribution in [-0.2, 0) is 0 Å². The Morgan fingerprint density at radius 2 is 2.09 bits per heavy atom. The number of pyridine rings is 1. The van der Waals surface area contributed by atoms with Gasteiger partial charge in [-0.15, -0.1) is 0 Å². The Labute approximate surface area is 132 Å². The standard InChI is InChI=1S/C14H9BrFN5O/c15-8-4-11(16)10-7-18-13(20-12(10)5-8)21-14(22)19-9-2-1-3-17-6-9/h1-7H,(H2,18,19,20,21,22). The lowest BCUT2D eigenvalue weighted by molar-refractivity contribution is 0.262. The molecular weight excluding hydrogens is 353 g/mol. The van der Waals surface area contributed by atoms with Crippen LogP contribution >= 0.6 is 15.9 Å². The Kier molecular flexibility index (Phi) is 3.92. The minimum Gasteiger partial charge on any atom is -0.306 e. The summed E-state index contributed by atoms with van der Waals surface area (Å²) in [6, 6.07) is 5.85. The maximum absolute atomic E-state index is 13.7. The fourth-order valence-electron chi connectivity index (χ4n) is 1.82. The number of halogens is 2. The quantitative estimate of drug-likeness (QED) is 0.731. The van der Waals surface area contributed by atoms with Crippen molar-refractivity contribution in [2.45, 2.75) is 0 Å². The lowest BCUT2D eigenvalue weighted by atomic mass is 10.2. The zero-order valence-corrected chi connectivity index (χ0v) is 12.6. The summed E-state index contributed by atoms with van der Waals surface area (Å²) in [4.78, 5) is 23.8. The second-order valence-corrected chi connectivity index (χ2v) is 5.25. The van der Waals surface area contributed by atoms with E-state index in [0.717, 1.165) is 0 Å². The van der Waals surface area contributed by atoms with E-state index in [4.69, 9.17) is 0 Å². The molecule has 0 unspecified atom stereocenters. The number of carbonyl (C=O) groups is 1. The highest BCUT2D eigenvalue weighted by Gasteiger charge is 2.09. The van der Waals surface area contributed by atoms with E-state index < -0.39 is 11.8 Å². The predicted molar refractivity (Wildman–Crippen MR) is 84.1 cm³/mol. The molecule has 6 nitrogen and oxygen atoms in total. The summed E-state index contributed by atoms with van der Waals surface area (Å²) in [7, 11) is 0. The van der Waals surface area contributed by atoms with Crippen molar-refractivity contribution < 1.29 is 9.18 Å². The van der Waals surface area contributed by atoms with Gasteiger partial charge in [0.1, 0.15) is 5.82 Å². The third kappa shape index (κ3) is 3.17. The average molecular weight is 362 g/mol. The summed E-state index contributed by atoms with van der Waals surface area (Å²) in [6.45, 7) is 0. The first-order chi connectivity index (χ1) is 10.6. The summed E-state index contributed by atoms with van der Waals surface area (Å²) in [5.74, 6) is -0.359. The van der Waals surface area contributed by atoms with Crippen LogP contribution in [-0.4, -0.2) is 21.0 Å². The molecule has 2 aromatic heterocycles. The molecule has 1 aromatic carbocycles. The molecule has 22 heavy (non-hydrogen) atoms. The Hall–Kier alpha value is -2.61. The molecule has 3 rings (SSSR count). The number of rotatable bonds is 2. The van der Waals surface area contributed by atoms with Gasteiger partial charge in [0.2, 0.25) is 5.95 Å². The number of nitrogens with one attached hydrogen (secondary N) is 2. The summed E-state index contributed by atoms with van der Waals surface area (Å²) in [6.07, 6.45) is 4.43. The van der Waals surface area contributed by atoms with E-state index in [2.05, 4.69) is 41.5 Å². The molecule has 0 aliphatic rings. The van der Waals surface area contributed by atoms with Gasteiger partial charge >= 0.3 is 6.03 Å². The number of aromatic nitrogens is 3. The number of carbonyl (C=O) groups excluding carboxylic acids is 1. The van der Waals surface area contributed by atoms with Gasteiger partial charge in [0.25, 0.3) is 0 Å². The fraction of sp³-hybridized carbons (Fsp3) is 0. The van der Waals surface area contributed by atoms with Crippen molar-refractivity contribution in [2.24, 2.45) is 0 Å². The van der Waals surface area contributed by atoms with E-state index in [0.29, 0.717) is 15.7 Å². The number of hydrogen-bond donors (Lipinski definition) is 2. The number of amides is 2. The van der Waals surface area contributed by atoms with Crippen LogP contribution in [0.1, 0.15) is 0 Å². The number of hydrogen-bond acceptors (Lipinski definition) is 4. The van der Waals surface area contributed by atoms with E-state index >= 15 is 0 Å². The van der Waals surface area contributed by atoms with Crippen LogP contribution in [0.25, 0.3) is 10.9 Å².